The summed E-state index contributed by atoms with van der Waals surface area (Å²) in [6, 6.07) is 0. The van der Waals surface area contributed by atoms with E-state index >= 15 is 0 Å². The summed E-state index contributed by atoms with van der Waals surface area (Å²) < 4.78 is 30.2. The number of hydrogen-bond donors (Lipinski definition) is 0. The van der Waals surface area contributed by atoms with Gasteiger partial charge in [0.15, 0.2) is 0 Å². The lowest BCUT2D eigenvalue weighted by atomic mass is 9.62. The summed E-state index contributed by atoms with van der Waals surface area (Å²) in [7, 11) is -3.48. The van der Waals surface area contributed by atoms with Crippen LogP contribution < -0.4 is 0 Å². The number of esters is 1. The number of sulfonamides is 1. The Morgan fingerprint density at radius 3 is 2.76 bits per heavy atom. The van der Waals surface area contributed by atoms with Crippen LogP contribution in [0.3, 0.4) is 0 Å². The zero-order valence-corrected chi connectivity index (χ0v) is 10.4. The van der Waals surface area contributed by atoms with Crippen LogP contribution in [0.5, 0.6) is 0 Å². The summed E-state index contributed by atoms with van der Waals surface area (Å²) in [6.45, 7) is 3.94. The van der Waals surface area contributed by atoms with Gasteiger partial charge in [0, 0.05) is 5.41 Å². The highest BCUT2D eigenvalue weighted by Crippen LogP contribution is 2.73. The fraction of sp³-hybridized carbons (Fsp3) is 0.900. The summed E-state index contributed by atoms with van der Waals surface area (Å²) in [5, 5.41) is 0. The van der Waals surface area contributed by atoms with Gasteiger partial charge in [-0.05, 0) is 17.3 Å². The Kier molecular flexibility index (Phi) is 1.37. The standard InChI is InChI=1S/C10H13NO5S/c1-8(2)6-3-4-9(8)5-17(13,14)11-10(9,16-11)7(12)15-6/h6H,3-5H2,1-2H3/t6-,9-,10-,11?/m1/s1. The summed E-state index contributed by atoms with van der Waals surface area (Å²) in [6.07, 6.45) is 1.18. The second-order valence-corrected chi connectivity index (χ2v) is 7.74. The lowest BCUT2D eigenvalue weighted by molar-refractivity contribution is -0.187. The fourth-order valence-corrected chi connectivity index (χ4v) is 6.35. The minimum Gasteiger partial charge on any atom is -0.458 e. The van der Waals surface area contributed by atoms with E-state index in [9.17, 15) is 13.2 Å². The van der Waals surface area contributed by atoms with E-state index in [1.54, 1.807) is 0 Å². The Hall–Kier alpha value is -0.660. The third-order valence-electron chi connectivity index (χ3n) is 5.17. The summed E-state index contributed by atoms with van der Waals surface area (Å²) in [4.78, 5) is 17.2. The first-order chi connectivity index (χ1) is 7.78. The van der Waals surface area contributed by atoms with Crippen molar-refractivity contribution in [2.24, 2.45) is 10.8 Å². The molecular weight excluding hydrogens is 246 g/mol. The SMILES string of the molecule is CC1(C)[C@H]2CC[C@@]13CS(=O)(=O)N1O[C@@]13C(=O)O2. The van der Waals surface area contributed by atoms with Crippen molar-refractivity contribution in [2.45, 2.75) is 38.5 Å². The van der Waals surface area contributed by atoms with Crippen LogP contribution in [-0.4, -0.2) is 36.4 Å². The third-order valence-corrected chi connectivity index (χ3v) is 6.86. The smallest absolute Gasteiger partial charge is 0.360 e. The average Bonchev–Trinajstić information content (AvgIpc) is 2.89. The van der Waals surface area contributed by atoms with E-state index in [4.69, 9.17) is 9.57 Å². The van der Waals surface area contributed by atoms with Gasteiger partial charge < -0.3 is 4.74 Å². The molecule has 0 aromatic rings. The predicted molar refractivity (Wildman–Crippen MR) is 54.8 cm³/mol. The van der Waals surface area contributed by atoms with Crippen molar-refractivity contribution in [1.29, 1.82) is 0 Å². The van der Waals surface area contributed by atoms with Crippen LogP contribution in [0, 0.1) is 10.8 Å². The molecule has 3 heterocycles. The Morgan fingerprint density at radius 1 is 1.41 bits per heavy atom. The van der Waals surface area contributed by atoms with Gasteiger partial charge in [-0.2, -0.15) is 0 Å². The van der Waals surface area contributed by atoms with E-state index in [-0.39, 0.29) is 17.3 Å². The van der Waals surface area contributed by atoms with Crippen molar-refractivity contribution in [3.63, 3.8) is 0 Å². The highest BCUT2D eigenvalue weighted by atomic mass is 32.2. The number of carbonyl (C=O) groups excluding carboxylic acids is 1. The van der Waals surface area contributed by atoms with Crippen molar-refractivity contribution in [1.82, 2.24) is 4.47 Å². The molecule has 0 N–H and O–H groups in total. The molecule has 0 aromatic heterocycles. The molecule has 4 aliphatic rings. The lowest BCUT2D eigenvalue weighted by Crippen LogP contribution is -2.59. The van der Waals surface area contributed by atoms with E-state index in [0.717, 1.165) is 4.47 Å². The molecule has 4 rings (SSSR count). The molecule has 0 radical (unpaired) electrons. The lowest BCUT2D eigenvalue weighted by Gasteiger charge is -2.46. The van der Waals surface area contributed by atoms with Crippen LogP contribution in [-0.2, 0) is 24.4 Å². The van der Waals surface area contributed by atoms with Gasteiger partial charge in [0.05, 0.1) is 11.2 Å². The molecule has 6 nitrogen and oxygen atoms in total. The Labute approximate surface area is 98.9 Å². The Bertz CT molecular complexity index is 555. The highest BCUT2D eigenvalue weighted by Gasteiger charge is 2.91. The van der Waals surface area contributed by atoms with E-state index in [0.29, 0.717) is 12.8 Å². The van der Waals surface area contributed by atoms with Gasteiger partial charge in [0.2, 0.25) is 10.0 Å². The van der Waals surface area contributed by atoms with E-state index in [1.165, 1.54) is 0 Å². The normalized spacial score (nSPS) is 56.0. The maximum absolute atomic E-state index is 12.0. The van der Waals surface area contributed by atoms with Crippen molar-refractivity contribution in [3.8, 4) is 0 Å². The number of fused-ring (bicyclic) bond motifs is 1. The number of ether oxygens (including phenoxy) is 1. The van der Waals surface area contributed by atoms with Crippen molar-refractivity contribution >= 4 is 16.0 Å². The molecule has 17 heavy (non-hydrogen) atoms. The maximum Gasteiger partial charge on any atom is 0.360 e. The second kappa shape index (κ2) is 2.26. The minimum absolute atomic E-state index is 0.00139. The number of rotatable bonds is 0. The van der Waals surface area contributed by atoms with Crippen LogP contribution in [0.1, 0.15) is 26.7 Å². The van der Waals surface area contributed by atoms with Crippen LogP contribution in [0.15, 0.2) is 0 Å². The van der Waals surface area contributed by atoms with Crippen LogP contribution in [0.2, 0.25) is 0 Å². The van der Waals surface area contributed by atoms with Crippen LogP contribution in [0.4, 0.5) is 0 Å². The maximum atomic E-state index is 12.0. The summed E-state index contributed by atoms with van der Waals surface area (Å²) >= 11 is 0. The van der Waals surface area contributed by atoms with Crippen LogP contribution >= 0.6 is 0 Å². The van der Waals surface area contributed by atoms with E-state index in [1.807, 2.05) is 13.8 Å². The average molecular weight is 259 g/mol. The van der Waals surface area contributed by atoms with Gasteiger partial charge in [-0.1, -0.05) is 13.8 Å². The summed E-state index contributed by atoms with van der Waals surface area (Å²) in [5.74, 6) is -0.529. The second-order valence-electron chi connectivity index (χ2n) is 5.96. The predicted octanol–water partition coefficient (Wildman–Crippen LogP) is 0.00510. The zero-order chi connectivity index (χ0) is 12.3. The van der Waals surface area contributed by atoms with E-state index in [2.05, 4.69) is 0 Å². The molecule has 0 aromatic carbocycles. The molecule has 0 amide bonds. The molecule has 4 atom stereocenters. The first kappa shape index (κ1) is 10.3. The first-order valence-electron chi connectivity index (χ1n) is 5.71. The van der Waals surface area contributed by atoms with Crippen molar-refractivity contribution in [3.05, 3.63) is 0 Å². The van der Waals surface area contributed by atoms with Gasteiger partial charge in [0.25, 0.3) is 5.72 Å². The van der Waals surface area contributed by atoms with Gasteiger partial charge in [-0.25, -0.2) is 18.0 Å². The van der Waals surface area contributed by atoms with Gasteiger partial charge in [-0.3, -0.25) is 0 Å². The number of hydrogen-bond acceptors (Lipinski definition) is 5. The Morgan fingerprint density at radius 2 is 2.12 bits per heavy atom. The molecule has 1 aliphatic carbocycles. The first-order valence-corrected chi connectivity index (χ1v) is 7.32. The van der Waals surface area contributed by atoms with E-state index < -0.39 is 27.1 Å². The third kappa shape index (κ3) is 0.750. The molecule has 3 aliphatic heterocycles. The molecular formula is C10H13NO5S. The topological polar surface area (TPSA) is 76.0 Å². The molecule has 2 bridgehead atoms. The van der Waals surface area contributed by atoms with Gasteiger partial charge >= 0.3 is 5.97 Å². The Balaban J connectivity index is 2.02. The highest BCUT2D eigenvalue weighted by molar-refractivity contribution is 7.89. The zero-order valence-electron chi connectivity index (χ0n) is 9.60. The van der Waals surface area contributed by atoms with Crippen molar-refractivity contribution < 1.29 is 22.8 Å². The molecule has 4 fully saturated rings. The molecule has 1 saturated carbocycles. The number of hydroxylamine groups is 1. The summed E-state index contributed by atoms with van der Waals surface area (Å²) in [5.41, 5.74) is -2.35. The largest absolute Gasteiger partial charge is 0.458 e. The number of nitrogens with zero attached hydrogens (tertiary/aromatic N) is 1. The van der Waals surface area contributed by atoms with Crippen molar-refractivity contribution in [2.75, 3.05) is 5.75 Å². The number of carbonyl (C=O) groups is 1. The molecule has 3 saturated heterocycles. The van der Waals surface area contributed by atoms with Gasteiger partial charge in [0.1, 0.15) is 6.10 Å². The molecule has 94 valence electrons. The molecule has 7 heteroatoms. The van der Waals surface area contributed by atoms with Crippen LogP contribution in [0.25, 0.3) is 0 Å². The molecule has 1 unspecified atom stereocenters. The quantitative estimate of drug-likeness (QED) is 0.452. The van der Waals surface area contributed by atoms with Gasteiger partial charge in [-0.15, -0.1) is 0 Å². The fourth-order valence-electron chi connectivity index (χ4n) is 4.04. The minimum atomic E-state index is -3.48. The molecule has 2 spiro atoms. The monoisotopic (exact) mass is 259 g/mol.